The van der Waals surface area contributed by atoms with Gasteiger partial charge < -0.3 is 4.74 Å². The Kier molecular flexibility index (Phi) is 14.4. The van der Waals surface area contributed by atoms with Gasteiger partial charge in [0.1, 0.15) is 6.61 Å². The van der Waals surface area contributed by atoms with E-state index in [9.17, 15) is 4.79 Å². The highest BCUT2D eigenvalue weighted by Crippen LogP contribution is 2.28. The Hall–Kier alpha value is -2.94. The molecular weight excluding hydrogens is 478 g/mol. The van der Waals surface area contributed by atoms with Crippen molar-refractivity contribution in [1.29, 1.82) is 0 Å². The second kappa shape index (κ2) is 18.4. The lowest BCUT2D eigenvalue weighted by atomic mass is 9.86. The van der Waals surface area contributed by atoms with Crippen molar-refractivity contribution in [2.24, 2.45) is 0 Å². The highest BCUT2D eigenvalue weighted by atomic mass is 16.5. The van der Waals surface area contributed by atoms with E-state index in [0.717, 1.165) is 36.0 Å². The molecule has 1 atom stereocenters. The lowest BCUT2D eigenvalue weighted by Gasteiger charge is -2.17. The summed E-state index contributed by atoms with van der Waals surface area (Å²) in [5, 5.41) is 0. The molecule has 0 radical (unpaired) electrons. The van der Waals surface area contributed by atoms with Crippen molar-refractivity contribution in [1.82, 2.24) is 4.98 Å². The van der Waals surface area contributed by atoms with Crippen LogP contribution in [0.5, 0.6) is 5.88 Å². The second-order valence-electron chi connectivity index (χ2n) is 10.8. The molecule has 0 amide bonds. The smallest absolute Gasteiger partial charge is 0.213 e. The Morgan fingerprint density at radius 3 is 1.87 bits per heavy atom. The first kappa shape index (κ1) is 30.6. The quantitative estimate of drug-likeness (QED) is 0.108. The van der Waals surface area contributed by atoms with Gasteiger partial charge in [-0.05, 0) is 29.5 Å². The number of hydrogen-bond donors (Lipinski definition) is 0. The summed E-state index contributed by atoms with van der Waals surface area (Å²) >= 11 is 0. The van der Waals surface area contributed by atoms with E-state index in [4.69, 9.17) is 4.74 Å². The zero-order chi connectivity index (χ0) is 27.5. The van der Waals surface area contributed by atoms with Gasteiger partial charge in [0.15, 0.2) is 5.78 Å². The van der Waals surface area contributed by atoms with Gasteiger partial charge in [0.2, 0.25) is 5.88 Å². The maximum absolute atomic E-state index is 13.6. The van der Waals surface area contributed by atoms with Crippen molar-refractivity contribution >= 4 is 5.78 Å². The number of hydrogen-bond acceptors (Lipinski definition) is 3. The third-order valence-electron chi connectivity index (χ3n) is 7.70. The van der Waals surface area contributed by atoms with Gasteiger partial charge >= 0.3 is 0 Å². The van der Waals surface area contributed by atoms with Gasteiger partial charge in [-0.3, -0.25) is 4.79 Å². The highest BCUT2D eigenvalue weighted by Gasteiger charge is 2.22. The molecule has 39 heavy (non-hydrogen) atoms. The first-order valence-corrected chi connectivity index (χ1v) is 15.5. The van der Waals surface area contributed by atoms with Crippen molar-refractivity contribution in [2.75, 3.05) is 0 Å². The van der Waals surface area contributed by atoms with E-state index >= 15 is 0 Å². The minimum atomic E-state index is -0.170. The van der Waals surface area contributed by atoms with E-state index in [1.54, 1.807) is 0 Å². The standard InChI is InChI=1S/C36H49NO2/c1-3-5-6-7-8-9-10-11-12-13-14-18-21-34(36(38)32-24-22-30(4-2)23-25-32)33-26-27-35(37-28-33)39-29-31-19-16-15-17-20-31/h15-17,19-20,22-28,34H,3-14,18,21,29H2,1-2H3. The number of ketones is 1. The van der Waals surface area contributed by atoms with Gasteiger partial charge in [-0.2, -0.15) is 0 Å². The Morgan fingerprint density at radius 1 is 0.692 bits per heavy atom. The molecular formula is C36H49NO2. The van der Waals surface area contributed by atoms with Gasteiger partial charge in [-0.25, -0.2) is 4.98 Å². The minimum Gasteiger partial charge on any atom is -0.473 e. The number of Topliss-reactive ketones (excluding diaryl/α,β-unsaturated/α-hetero) is 1. The number of benzene rings is 2. The summed E-state index contributed by atoms with van der Waals surface area (Å²) in [6, 6.07) is 22.2. The molecule has 2 aromatic carbocycles. The summed E-state index contributed by atoms with van der Waals surface area (Å²) in [6.07, 6.45) is 19.5. The monoisotopic (exact) mass is 527 g/mol. The molecule has 0 saturated carbocycles. The molecule has 3 aromatic rings. The molecule has 0 spiro atoms. The molecule has 3 nitrogen and oxygen atoms in total. The van der Waals surface area contributed by atoms with Crippen molar-refractivity contribution in [2.45, 2.75) is 116 Å². The van der Waals surface area contributed by atoms with Crippen LogP contribution in [0.2, 0.25) is 0 Å². The number of pyridine rings is 1. The minimum absolute atomic E-state index is 0.170. The molecule has 1 aromatic heterocycles. The van der Waals surface area contributed by atoms with Crippen LogP contribution in [0.4, 0.5) is 0 Å². The van der Waals surface area contributed by atoms with Crippen LogP contribution in [0.1, 0.15) is 130 Å². The van der Waals surface area contributed by atoms with Crippen molar-refractivity contribution < 1.29 is 9.53 Å². The van der Waals surface area contributed by atoms with Crippen molar-refractivity contribution in [3.05, 3.63) is 95.2 Å². The summed E-state index contributed by atoms with van der Waals surface area (Å²) in [5.74, 6) is 0.614. The number of ether oxygens (including phenoxy) is 1. The number of nitrogens with zero attached hydrogens (tertiary/aromatic N) is 1. The maximum Gasteiger partial charge on any atom is 0.213 e. The molecule has 3 rings (SSSR count). The zero-order valence-corrected chi connectivity index (χ0v) is 24.4. The summed E-state index contributed by atoms with van der Waals surface area (Å²) < 4.78 is 5.88. The third-order valence-corrected chi connectivity index (χ3v) is 7.70. The van der Waals surface area contributed by atoms with Crippen molar-refractivity contribution in [3.8, 4) is 5.88 Å². The van der Waals surface area contributed by atoms with Crippen LogP contribution >= 0.6 is 0 Å². The van der Waals surface area contributed by atoms with Crippen LogP contribution in [0.3, 0.4) is 0 Å². The van der Waals surface area contributed by atoms with E-state index in [-0.39, 0.29) is 11.7 Å². The maximum atomic E-state index is 13.6. The molecule has 1 heterocycles. The van der Waals surface area contributed by atoms with Gasteiger partial charge in [0, 0.05) is 23.7 Å². The number of carbonyl (C=O) groups excluding carboxylic acids is 1. The fourth-order valence-electron chi connectivity index (χ4n) is 5.16. The van der Waals surface area contributed by atoms with Gasteiger partial charge in [-0.1, -0.05) is 152 Å². The Bertz CT molecular complexity index is 1040. The van der Waals surface area contributed by atoms with E-state index in [0.29, 0.717) is 12.5 Å². The van der Waals surface area contributed by atoms with Crippen LogP contribution in [-0.2, 0) is 13.0 Å². The fourth-order valence-corrected chi connectivity index (χ4v) is 5.16. The molecule has 210 valence electrons. The normalized spacial score (nSPS) is 11.8. The Balaban J connectivity index is 1.50. The average molecular weight is 528 g/mol. The molecule has 0 aliphatic heterocycles. The second-order valence-corrected chi connectivity index (χ2v) is 10.8. The molecule has 0 fully saturated rings. The molecule has 0 aliphatic carbocycles. The van der Waals surface area contributed by atoms with Gasteiger partial charge in [0.05, 0.1) is 0 Å². The topological polar surface area (TPSA) is 39.2 Å². The number of aromatic nitrogens is 1. The molecule has 3 heteroatoms. The van der Waals surface area contributed by atoms with E-state index < -0.39 is 0 Å². The van der Waals surface area contributed by atoms with Crippen LogP contribution in [0.15, 0.2) is 72.9 Å². The Labute approximate surface area is 237 Å². The predicted molar refractivity (Wildman–Crippen MR) is 164 cm³/mol. The van der Waals surface area contributed by atoms with Gasteiger partial charge in [0.25, 0.3) is 0 Å². The summed E-state index contributed by atoms with van der Waals surface area (Å²) in [4.78, 5) is 18.2. The predicted octanol–water partition coefficient (Wildman–Crippen LogP) is 10.3. The number of aryl methyl sites for hydroxylation is 1. The third kappa shape index (κ3) is 11.4. The average Bonchev–Trinajstić information content (AvgIpc) is 2.99. The summed E-state index contributed by atoms with van der Waals surface area (Å²) in [6.45, 7) is 4.90. The van der Waals surface area contributed by atoms with Gasteiger partial charge in [-0.15, -0.1) is 0 Å². The van der Waals surface area contributed by atoms with Crippen LogP contribution in [0, 0.1) is 0 Å². The van der Waals surface area contributed by atoms with Crippen LogP contribution in [0.25, 0.3) is 0 Å². The summed E-state index contributed by atoms with van der Waals surface area (Å²) in [5.41, 5.74) is 4.14. The van der Waals surface area contributed by atoms with E-state index in [1.165, 1.54) is 76.2 Å². The number of carbonyl (C=O) groups is 1. The number of unbranched alkanes of at least 4 members (excludes halogenated alkanes) is 11. The first-order valence-electron chi connectivity index (χ1n) is 15.5. The largest absolute Gasteiger partial charge is 0.473 e. The molecule has 0 aliphatic rings. The lowest BCUT2D eigenvalue weighted by molar-refractivity contribution is 0.0953. The Morgan fingerprint density at radius 2 is 1.31 bits per heavy atom. The van der Waals surface area contributed by atoms with Crippen molar-refractivity contribution in [3.63, 3.8) is 0 Å². The molecule has 0 N–H and O–H groups in total. The highest BCUT2D eigenvalue weighted by molar-refractivity contribution is 6.01. The molecule has 0 saturated heterocycles. The fraction of sp³-hybridized carbons (Fsp3) is 0.500. The van der Waals surface area contributed by atoms with E-state index in [2.05, 4.69) is 31.0 Å². The SMILES string of the molecule is CCCCCCCCCCCCCCC(C(=O)c1ccc(CC)cc1)c1ccc(OCc2ccccc2)nc1. The zero-order valence-electron chi connectivity index (χ0n) is 24.4. The first-order chi connectivity index (χ1) is 19.2. The number of rotatable bonds is 20. The summed E-state index contributed by atoms with van der Waals surface area (Å²) in [7, 11) is 0. The van der Waals surface area contributed by atoms with Crippen LogP contribution < -0.4 is 4.74 Å². The van der Waals surface area contributed by atoms with Crippen LogP contribution in [-0.4, -0.2) is 10.8 Å². The molecule has 1 unspecified atom stereocenters. The van der Waals surface area contributed by atoms with E-state index in [1.807, 2.05) is 60.8 Å². The molecule has 0 bridgehead atoms. The lowest BCUT2D eigenvalue weighted by Crippen LogP contribution is -2.14.